The molecule has 0 saturated heterocycles. The Hall–Kier alpha value is -1.68. The molecule has 0 aliphatic rings. The molecule has 0 atom stereocenters. The van der Waals surface area contributed by atoms with E-state index in [0.29, 0.717) is 12.5 Å². The van der Waals surface area contributed by atoms with E-state index in [4.69, 9.17) is 5.73 Å². The second-order valence-electron chi connectivity index (χ2n) is 5.42. The highest BCUT2D eigenvalue weighted by Gasteiger charge is 2.16. The first-order chi connectivity index (χ1) is 9.04. The average Bonchev–Trinajstić information content (AvgIpc) is 2.71. The van der Waals surface area contributed by atoms with E-state index < -0.39 is 0 Å². The zero-order valence-corrected chi connectivity index (χ0v) is 12.1. The molecule has 0 bridgehead atoms. The van der Waals surface area contributed by atoms with Gasteiger partial charge in [-0.1, -0.05) is 32.0 Å². The highest BCUT2D eigenvalue weighted by atomic mass is 15.3. The van der Waals surface area contributed by atoms with Crippen LogP contribution in [0.15, 0.2) is 18.2 Å². The van der Waals surface area contributed by atoms with E-state index in [9.17, 15) is 0 Å². The number of rotatable bonds is 4. The number of aryl methyl sites for hydroxylation is 2. The summed E-state index contributed by atoms with van der Waals surface area (Å²) in [5, 5.41) is 8.60. The van der Waals surface area contributed by atoms with Gasteiger partial charge < -0.3 is 10.3 Å². The molecule has 19 heavy (non-hydrogen) atoms. The summed E-state index contributed by atoms with van der Waals surface area (Å²) in [6.07, 6.45) is 0. The first-order valence-electron chi connectivity index (χ1n) is 6.73. The fourth-order valence-electron chi connectivity index (χ4n) is 2.40. The molecule has 0 spiro atoms. The van der Waals surface area contributed by atoms with Gasteiger partial charge in [0.25, 0.3) is 0 Å². The lowest BCUT2D eigenvalue weighted by atomic mass is 10.0. The van der Waals surface area contributed by atoms with Gasteiger partial charge in [-0.15, -0.1) is 10.2 Å². The Morgan fingerprint density at radius 2 is 1.79 bits per heavy atom. The first-order valence-corrected chi connectivity index (χ1v) is 6.73. The third kappa shape index (κ3) is 2.68. The van der Waals surface area contributed by atoms with Crippen LogP contribution in [0, 0.1) is 19.8 Å². The molecular formula is C15H22N4. The van der Waals surface area contributed by atoms with Gasteiger partial charge in [0, 0.05) is 12.1 Å². The minimum absolute atomic E-state index is 0.421. The second-order valence-corrected chi connectivity index (χ2v) is 5.42. The van der Waals surface area contributed by atoms with E-state index in [1.807, 2.05) is 0 Å². The zero-order chi connectivity index (χ0) is 14.0. The molecule has 0 saturated carbocycles. The summed E-state index contributed by atoms with van der Waals surface area (Å²) >= 11 is 0. The predicted octanol–water partition coefficient (Wildman–Crippen LogP) is 2.68. The molecule has 1 heterocycles. The van der Waals surface area contributed by atoms with Crippen LogP contribution in [0.1, 0.15) is 30.8 Å². The minimum Gasteiger partial charge on any atom is -0.324 e. The second kappa shape index (κ2) is 5.53. The summed E-state index contributed by atoms with van der Waals surface area (Å²) in [7, 11) is 0. The molecule has 0 amide bonds. The number of nitrogens with zero attached hydrogens (tertiary/aromatic N) is 3. The van der Waals surface area contributed by atoms with Gasteiger partial charge in [0.2, 0.25) is 0 Å². The number of nitrogens with two attached hydrogens (primary N) is 1. The van der Waals surface area contributed by atoms with Crippen molar-refractivity contribution >= 4 is 0 Å². The molecule has 1 aromatic carbocycles. The third-order valence-electron chi connectivity index (χ3n) is 3.26. The third-order valence-corrected chi connectivity index (χ3v) is 3.26. The standard InChI is InChI=1S/C15H22N4/c1-10(2)9-19-13(8-16)17-18-15(19)14-11(3)6-5-7-12(14)4/h5-7,10H,8-9,16H2,1-4H3. The van der Waals surface area contributed by atoms with Crippen molar-refractivity contribution in [2.45, 2.75) is 40.8 Å². The summed E-state index contributed by atoms with van der Waals surface area (Å²) < 4.78 is 2.15. The van der Waals surface area contributed by atoms with E-state index in [2.05, 4.69) is 60.7 Å². The first kappa shape index (κ1) is 13.7. The molecule has 102 valence electrons. The Bertz CT molecular complexity index is 549. The summed E-state index contributed by atoms with van der Waals surface area (Å²) in [6, 6.07) is 6.29. The Morgan fingerprint density at radius 3 is 2.32 bits per heavy atom. The summed E-state index contributed by atoms with van der Waals surface area (Å²) in [5.41, 5.74) is 9.39. The van der Waals surface area contributed by atoms with Crippen LogP contribution < -0.4 is 5.73 Å². The molecule has 2 rings (SSSR count). The molecule has 0 aliphatic carbocycles. The quantitative estimate of drug-likeness (QED) is 0.917. The molecule has 2 aromatic rings. The van der Waals surface area contributed by atoms with E-state index in [0.717, 1.165) is 18.2 Å². The van der Waals surface area contributed by atoms with Crippen LogP contribution in [0.25, 0.3) is 11.4 Å². The van der Waals surface area contributed by atoms with Gasteiger partial charge in [-0.25, -0.2) is 0 Å². The van der Waals surface area contributed by atoms with E-state index >= 15 is 0 Å². The van der Waals surface area contributed by atoms with Crippen LogP contribution in [0.3, 0.4) is 0 Å². The fourth-order valence-corrected chi connectivity index (χ4v) is 2.40. The number of hydrogen-bond acceptors (Lipinski definition) is 3. The maximum Gasteiger partial charge on any atom is 0.164 e. The number of aromatic nitrogens is 3. The number of hydrogen-bond donors (Lipinski definition) is 1. The Labute approximate surface area is 114 Å². The van der Waals surface area contributed by atoms with Gasteiger partial charge in [0.15, 0.2) is 5.82 Å². The molecule has 2 N–H and O–H groups in total. The molecule has 0 radical (unpaired) electrons. The van der Waals surface area contributed by atoms with Crippen molar-refractivity contribution in [1.82, 2.24) is 14.8 Å². The van der Waals surface area contributed by atoms with Crippen LogP contribution in [-0.2, 0) is 13.1 Å². The molecule has 0 unspecified atom stereocenters. The molecule has 4 heteroatoms. The summed E-state index contributed by atoms with van der Waals surface area (Å²) in [4.78, 5) is 0. The van der Waals surface area contributed by atoms with Gasteiger partial charge in [-0.3, -0.25) is 0 Å². The van der Waals surface area contributed by atoms with Crippen molar-refractivity contribution in [2.75, 3.05) is 0 Å². The van der Waals surface area contributed by atoms with Crippen molar-refractivity contribution < 1.29 is 0 Å². The smallest absolute Gasteiger partial charge is 0.164 e. The summed E-state index contributed by atoms with van der Waals surface area (Å²) in [6.45, 7) is 9.91. The lowest BCUT2D eigenvalue weighted by Gasteiger charge is -2.14. The molecular weight excluding hydrogens is 236 g/mol. The predicted molar refractivity (Wildman–Crippen MR) is 77.7 cm³/mol. The average molecular weight is 258 g/mol. The van der Waals surface area contributed by atoms with E-state index in [-0.39, 0.29) is 0 Å². The lowest BCUT2D eigenvalue weighted by molar-refractivity contribution is 0.510. The van der Waals surface area contributed by atoms with Crippen molar-refractivity contribution in [3.05, 3.63) is 35.2 Å². The largest absolute Gasteiger partial charge is 0.324 e. The maximum atomic E-state index is 5.77. The van der Waals surface area contributed by atoms with Crippen LogP contribution in [0.5, 0.6) is 0 Å². The van der Waals surface area contributed by atoms with Crippen LogP contribution in [0.4, 0.5) is 0 Å². The molecule has 1 aromatic heterocycles. The highest BCUT2D eigenvalue weighted by molar-refractivity contribution is 5.64. The lowest BCUT2D eigenvalue weighted by Crippen LogP contribution is -2.13. The van der Waals surface area contributed by atoms with Crippen molar-refractivity contribution in [2.24, 2.45) is 11.7 Å². The van der Waals surface area contributed by atoms with E-state index in [1.54, 1.807) is 0 Å². The molecule has 4 nitrogen and oxygen atoms in total. The normalized spacial score (nSPS) is 11.3. The molecule has 0 aliphatic heterocycles. The van der Waals surface area contributed by atoms with Crippen LogP contribution >= 0.6 is 0 Å². The van der Waals surface area contributed by atoms with Crippen LogP contribution in [0.2, 0.25) is 0 Å². The van der Waals surface area contributed by atoms with Gasteiger partial charge in [-0.05, 0) is 30.9 Å². The minimum atomic E-state index is 0.421. The monoisotopic (exact) mass is 258 g/mol. The SMILES string of the molecule is Cc1cccc(C)c1-c1nnc(CN)n1CC(C)C. The van der Waals surface area contributed by atoms with Gasteiger partial charge in [0.1, 0.15) is 5.82 Å². The summed E-state index contributed by atoms with van der Waals surface area (Å²) in [5.74, 6) is 2.32. The number of benzene rings is 1. The Balaban J connectivity index is 2.59. The van der Waals surface area contributed by atoms with Gasteiger partial charge in [-0.2, -0.15) is 0 Å². The van der Waals surface area contributed by atoms with Gasteiger partial charge >= 0.3 is 0 Å². The maximum absolute atomic E-state index is 5.77. The van der Waals surface area contributed by atoms with Crippen molar-refractivity contribution in [3.8, 4) is 11.4 Å². The van der Waals surface area contributed by atoms with Crippen molar-refractivity contribution in [3.63, 3.8) is 0 Å². The van der Waals surface area contributed by atoms with Crippen molar-refractivity contribution in [1.29, 1.82) is 0 Å². The van der Waals surface area contributed by atoms with E-state index in [1.165, 1.54) is 16.7 Å². The van der Waals surface area contributed by atoms with Crippen LogP contribution in [-0.4, -0.2) is 14.8 Å². The Morgan fingerprint density at radius 1 is 1.16 bits per heavy atom. The zero-order valence-electron chi connectivity index (χ0n) is 12.1. The van der Waals surface area contributed by atoms with Gasteiger partial charge in [0.05, 0.1) is 6.54 Å². The fraction of sp³-hybridized carbons (Fsp3) is 0.467. The molecule has 0 fully saturated rings. The highest BCUT2D eigenvalue weighted by Crippen LogP contribution is 2.26. The topological polar surface area (TPSA) is 56.7 Å². The Kier molecular flexibility index (Phi) is 4.00.